The Labute approximate surface area is 147 Å². The third-order valence-corrected chi connectivity index (χ3v) is 6.05. The second kappa shape index (κ2) is 8.22. The molecule has 1 heterocycles. The Morgan fingerprint density at radius 2 is 1.88 bits per heavy atom. The maximum Gasteiger partial charge on any atom is 0.269 e. The molecule has 0 aromatic heterocycles. The summed E-state index contributed by atoms with van der Waals surface area (Å²) in [5.41, 5.74) is -0.302. The van der Waals surface area contributed by atoms with Gasteiger partial charge in [0.25, 0.3) is 5.69 Å². The van der Waals surface area contributed by atoms with Crippen molar-refractivity contribution < 1.29 is 22.8 Å². The lowest BCUT2D eigenvalue weighted by Gasteiger charge is -2.33. The minimum absolute atomic E-state index is 0.0128. The second-order valence-corrected chi connectivity index (χ2v) is 8.10. The molecule has 0 amide bonds. The molecule has 1 aromatic carbocycles. The molecule has 1 saturated heterocycles. The number of nitrogens with one attached hydrogen (secondary N) is 1. The first-order chi connectivity index (χ1) is 11.8. The summed E-state index contributed by atoms with van der Waals surface area (Å²) in [5, 5.41) is 10.6. The van der Waals surface area contributed by atoms with Crippen LogP contribution in [0.4, 0.5) is 5.69 Å². The Hall–Kier alpha value is -1.55. The molecule has 0 saturated carbocycles. The molecule has 25 heavy (non-hydrogen) atoms. The number of ether oxygens (including phenoxy) is 2. The lowest BCUT2D eigenvalue weighted by atomic mass is 9.82. The Bertz CT molecular complexity index is 685. The molecular formula is C16H24N2O6S. The maximum absolute atomic E-state index is 12.2. The quantitative estimate of drug-likeness (QED) is 0.405. The normalized spacial score (nSPS) is 18.2. The number of rotatable bonds is 9. The lowest BCUT2D eigenvalue weighted by molar-refractivity contribution is -0.384. The summed E-state index contributed by atoms with van der Waals surface area (Å²) in [6.07, 6.45) is 2.02. The van der Waals surface area contributed by atoms with Crippen molar-refractivity contribution >= 4 is 15.7 Å². The first-order valence-corrected chi connectivity index (χ1v) is 9.74. The summed E-state index contributed by atoms with van der Waals surface area (Å²) in [5.74, 6) is 0. The summed E-state index contributed by atoms with van der Waals surface area (Å²) in [6, 6.07) is 4.82. The van der Waals surface area contributed by atoms with E-state index in [0.29, 0.717) is 19.6 Å². The van der Waals surface area contributed by atoms with Crippen LogP contribution in [0.3, 0.4) is 0 Å². The average molecular weight is 372 g/mol. The van der Waals surface area contributed by atoms with Gasteiger partial charge in [-0.25, -0.2) is 13.1 Å². The van der Waals surface area contributed by atoms with E-state index in [1.54, 1.807) is 0 Å². The van der Waals surface area contributed by atoms with Gasteiger partial charge in [0.2, 0.25) is 10.0 Å². The van der Waals surface area contributed by atoms with E-state index in [-0.39, 0.29) is 28.8 Å². The fraction of sp³-hybridized carbons (Fsp3) is 0.625. The molecule has 1 aliphatic heterocycles. The molecule has 1 aliphatic rings. The van der Waals surface area contributed by atoms with Crippen LogP contribution in [0, 0.1) is 15.5 Å². The minimum atomic E-state index is -3.68. The van der Waals surface area contributed by atoms with Crippen molar-refractivity contribution in [3.8, 4) is 0 Å². The number of sulfonamides is 1. The van der Waals surface area contributed by atoms with Crippen molar-refractivity contribution in [2.75, 3.05) is 19.8 Å². The molecule has 0 radical (unpaired) electrons. The van der Waals surface area contributed by atoms with E-state index in [9.17, 15) is 18.5 Å². The Morgan fingerprint density at radius 3 is 2.40 bits per heavy atom. The van der Waals surface area contributed by atoms with E-state index < -0.39 is 14.9 Å². The van der Waals surface area contributed by atoms with Crippen LogP contribution in [0.25, 0.3) is 0 Å². The maximum atomic E-state index is 12.2. The van der Waals surface area contributed by atoms with E-state index in [2.05, 4.69) is 18.6 Å². The fourth-order valence-corrected chi connectivity index (χ4v) is 3.83. The highest BCUT2D eigenvalue weighted by Gasteiger charge is 2.36. The number of non-ortho nitro benzene ring substituents is 1. The number of hydrogen-bond donors (Lipinski definition) is 1. The predicted molar refractivity (Wildman–Crippen MR) is 91.6 cm³/mol. The van der Waals surface area contributed by atoms with Crippen LogP contribution in [0.15, 0.2) is 29.2 Å². The molecule has 1 fully saturated rings. The molecule has 140 valence electrons. The van der Waals surface area contributed by atoms with Crippen LogP contribution in [0.2, 0.25) is 0 Å². The first-order valence-electron chi connectivity index (χ1n) is 8.26. The van der Waals surface area contributed by atoms with E-state index in [4.69, 9.17) is 9.47 Å². The van der Waals surface area contributed by atoms with Crippen molar-refractivity contribution in [2.24, 2.45) is 5.41 Å². The second-order valence-electron chi connectivity index (χ2n) is 6.33. The fourth-order valence-electron chi connectivity index (χ4n) is 2.75. The zero-order valence-electron chi connectivity index (χ0n) is 14.4. The van der Waals surface area contributed by atoms with E-state index in [0.717, 1.165) is 12.8 Å². The number of hydrogen-bond acceptors (Lipinski definition) is 6. The molecule has 0 bridgehead atoms. The highest BCUT2D eigenvalue weighted by atomic mass is 32.2. The molecule has 1 aromatic rings. The SMILES string of the molecule is CC[C@@](C)(CCCNS(=O)(=O)c1ccc([N+](=O)[O-])cc1)C1OCCO1. The van der Waals surface area contributed by atoms with E-state index in [1.807, 2.05) is 0 Å². The summed E-state index contributed by atoms with van der Waals surface area (Å²) in [7, 11) is -3.68. The van der Waals surface area contributed by atoms with Crippen molar-refractivity contribution in [3.63, 3.8) is 0 Å². The van der Waals surface area contributed by atoms with Crippen LogP contribution >= 0.6 is 0 Å². The molecular weight excluding hydrogens is 348 g/mol. The summed E-state index contributed by atoms with van der Waals surface area (Å²) < 4.78 is 38.2. The first kappa shape index (κ1) is 19.8. The zero-order valence-corrected chi connectivity index (χ0v) is 15.3. The Balaban J connectivity index is 1.88. The molecule has 2 rings (SSSR count). The Kier molecular flexibility index (Phi) is 6.50. The minimum Gasteiger partial charge on any atom is -0.350 e. The largest absolute Gasteiger partial charge is 0.350 e. The van der Waals surface area contributed by atoms with Crippen LogP contribution < -0.4 is 4.72 Å². The predicted octanol–water partition coefficient (Wildman–Crippen LogP) is 2.44. The molecule has 1 N–H and O–H groups in total. The molecule has 9 heteroatoms. The van der Waals surface area contributed by atoms with Gasteiger partial charge >= 0.3 is 0 Å². The lowest BCUT2D eigenvalue weighted by Crippen LogP contribution is -2.34. The van der Waals surface area contributed by atoms with Crippen LogP contribution in [-0.2, 0) is 19.5 Å². The zero-order chi connectivity index (χ0) is 18.5. The van der Waals surface area contributed by atoms with Crippen molar-refractivity contribution in [1.82, 2.24) is 4.72 Å². The highest BCUT2D eigenvalue weighted by Crippen LogP contribution is 2.35. The third-order valence-electron chi connectivity index (χ3n) is 4.57. The van der Waals surface area contributed by atoms with Crippen LogP contribution in [0.1, 0.15) is 33.1 Å². The van der Waals surface area contributed by atoms with Gasteiger partial charge in [0.15, 0.2) is 6.29 Å². The van der Waals surface area contributed by atoms with Crippen molar-refractivity contribution in [2.45, 2.75) is 44.3 Å². The van der Waals surface area contributed by atoms with Gasteiger partial charge in [-0.1, -0.05) is 13.8 Å². The third kappa shape index (κ3) is 4.97. The van der Waals surface area contributed by atoms with Gasteiger partial charge in [-0.15, -0.1) is 0 Å². The monoisotopic (exact) mass is 372 g/mol. The van der Waals surface area contributed by atoms with Crippen LogP contribution in [0.5, 0.6) is 0 Å². The molecule has 0 unspecified atom stereocenters. The molecule has 0 spiro atoms. The van der Waals surface area contributed by atoms with E-state index in [1.165, 1.54) is 24.3 Å². The van der Waals surface area contributed by atoms with E-state index >= 15 is 0 Å². The molecule has 8 nitrogen and oxygen atoms in total. The van der Waals surface area contributed by atoms with Crippen molar-refractivity contribution in [3.05, 3.63) is 34.4 Å². The summed E-state index contributed by atoms with van der Waals surface area (Å²) in [4.78, 5) is 10.1. The summed E-state index contributed by atoms with van der Waals surface area (Å²) >= 11 is 0. The number of benzene rings is 1. The van der Waals surface area contributed by atoms with Gasteiger partial charge in [0.1, 0.15) is 0 Å². The average Bonchev–Trinajstić information content (AvgIpc) is 3.14. The van der Waals surface area contributed by atoms with Gasteiger partial charge in [-0.2, -0.15) is 0 Å². The molecule has 1 atom stereocenters. The van der Waals surface area contributed by atoms with Gasteiger partial charge < -0.3 is 9.47 Å². The van der Waals surface area contributed by atoms with Crippen molar-refractivity contribution in [1.29, 1.82) is 0 Å². The molecule has 0 aliphatic carbocycles. The van der Waals surface area contributed by atoms with Gasteiger partial charge in [-0.05, 0) is 31.4 Å². The topological polar surface area (TPSA) is 108 Å². The summed E-state index contributed by atoms with van der Waals surface area (Å²) in [6.45, 7) is 5.60. The van der Waals surface area contributed by atoms with Gasteiger partial charge in [-0.3, -0.25) is 10.1 Å². The number of nitro groups is 1. The standard InChI is InChI=1S/C16H24N2O6S/c1-3-16(2,15-23-11-12-24-15)9-4-10-17-25(21,22)14-7-5-13(6-8-14)18(19)20/h5-8,15,17H,3-4,9-12H2,1-2H3/t16-/m0/s1. The van der Waals surface area contributed by atoms with Gasteiger partial charge in [0.05, 0.1) is 23.0 Å². The smallest absolute Gasteiger partial charge is 0.269 e. The Morgan fingerprint density at radius 1 is 1.28 bits per heavy atom. The highest BCUT2D eigenvalue weighted by molar-refractivity contribution is 7.89. The number of nitrogens with zero attached hydrogens (tertiary/aromatic N) is 1. The van der Waals surface area contributed by atoms with Gasteiger partial charge in [0, 0.05) is 24.1 Å². The van der Waals surface area contributed by atoms with Crippen LogP contribution in [-0.4, -0.2) is 39.4 Å². The number of nitro benzene ring substituents is 1.